The zero-order chi connectivity index (χ0) is 6.81. The normalized spacial score (nSPS) is 30.4. The number of nitrogens with zero attached hydrogens (tertiary/aromatic N) is 1. The quantitative estimate of drug-likeness (QED) is 0.498. The number of allylic oxidation sites excluding steroid dienone is 2. The lowest BCUT2D eigenvalue weighted by molar-refractivity contribution is 0.266. The van der Waals surface area contributed by atoms with Gasteiger partial charge in [-0.05, 0) is 12.5 Å². The fourth-order valence-electron chi connectivity index (χ4n) is 1.26. The Balaban J connectivity index is 2.12. The van der Waals surface area contributed by atoms with Gasteiger partial charge in [0.05, 0.1) is 6.04 Å². The van der Waals surface area contributed by atoms with Gasteiger partial charge in [0.15, 0.2) is 0 Å². The molecule has 1 unspecified atom stereocenters. The molecule has 0 amide bonds. The van der Waals surface area contributed by atoms with Crippen molar-refractivity contribution >= 4 is 0 Å². The highest BCUT2D eigenvalue weighted by atomic mass is 15.7. The number of hydrogen-bond donors (Lipinski definition) is 2. The van der Waals surface area contributed by atoms with Crippen LogP contribution >= 0.6 is 0 Å². The Hall–Kier alpha value is -0.800. The average molecular weight is 137 g/mol. The molecule has 0 radical (unpaired) electrons. The molecule has 2 aliphatic heterocycles. The zero-order valence-corrected chi connectivity index (χ0v) is 5.75. The summed E-state index contributed by atoms with van der Waals surface area (Å²) in [7, 11) is 0. The van der Waals surface area contributed by atoms with Crippen molar-refractivity contribution in [3.63, 3.8) is 0 Å². The largest absolute Gasteiger partial charge is 0.298 e. The lowest BCUT2D eigenvalue weighted by atomic mass is 10.2. The summed E-state index contributed by atoms with van der Waals surface area (Å²) in [5, 5.41) is 2.10. The van der Waals surface area contributed by atoms with Crippen molar-refractivity contribution in [3.8, 4) is 0 Å². The maximum absolute atomic E-state index is 3.08. The minimum Gasteiger partial charge on any atom is -0.298 e. The highest BCUT2D eigenvalue weighted by Crippen LogP contribution is 2.09. The number of hydrogen-bond acceptors (Lipinski definition) is 3. The maximum atomic E-state index is 3.08. The van der Waals surface area contributed by atoms with Crippen molar-refractivity contribution in [3.05, 3.63) is 24.4 Å². The van der Waals surface area contributed by atoms with Crippen LogP contribution in [0.4, 0.5) is 0 Å². The summed E-state index contributed by atoms with van der Waals surface area (Å²) in [6.07, 6.45) is 9.48. The van der Waals surface area contributed by atoms with Gasteiger partial charge in [0.1, 0.15) is 0 Å². The second kappa shape index (κ2) is 2.44. The van der Waals surface area contributed by atoms with E-state index in [0.717, 1.165) is 13.0 Å². The molecule has 3 heteroatoms. The van der Waals surface area contributed by atoms with Gasteiger partial charge < -0.3 is 0 Å². The van der Waals surface area contributed by atoms with Gasteiger partial charge in [0.25, 0.3) is 0 Å². The van der Waals surface area contributed by atoms with Crippen molar-refractivity contribution < 1.29 is 0 Å². The summed E-state index contributed by atoms with van der Waals surface area (Å²) in [4.78, 5) is 0. The van der Waals surface area contributed by atoms with Crippen molar-refractivity contribution in [1.29, 1.82) is 0 Å². The van der Waals surface area contributed by atoms with E-state index >= 15 is 0 Å². The second-order valence-corrected chi connectivity index (χ2v) is 2.56. The molecule has 10 heavy (non-hydrogen) atoms. The zero-order valence-electron chi connectivity index (χ0n) is 5.75. The summed E-state index contributed by atoms with van der Waals surface area (Å²) in [6.45, 7) is 1.02. The van der Waals surface area contributed by atoms with Crippen molar-refractivity contribution in [1.82, 2.24) is 16.0 Å². The second-order valence-electron chi connectivity index (χ2n) is 2.56. The molecule has 2 N–H and O–H groups in total. The van der Waals surface area contributed by atoms with Gasteiger partial charge in [-0.1, -0.05) is 12.2 Å². The summed E-state index contributed by atoms with van der Waals surface area (Å²) in [6, 6.07) is 0.593. The first kappa shape index (κ1) is 5.95. The van der Waals surface area contributed by atoms with E-state index < -0.39 is 0 Å². The van der Waals surface area contributed by atoms with Crippen molar-refractivity contribution in [2.75, 3.05) is 6.54 Å². The number of nitrogens with one attached hydrogen (secondary N) is 2. The van der Waals surface area contributed by atoms with Crippen molar-refractivity contribution in [2.24, 2.45) is 0 Å². The smallest absolute Gasteiger partial charge is 0.0635 e. The molecule has 2 rings (SSSR count). The van der Waals surface area contributed by atoms with E-state index in [9.17, 15) is 0 Å². The third kappa shape index (κ3) is 0.936. The van der Waals surface area contributed by atoms with E-state index in [1.54, 1.807) is 0 Å². The Morgan fingerprint density at radius 3 is 3.40 bits per heavy atom. The molecule has 0 aliphatic carbocycles. The van der Waals surface area contributed by atoms with Gasteiger partial charge in [-0.2, -0.15) is 5.53 Å². The average Bonchev–Trinajstić information content (AvgIpc) is 2.28. The third-order valence-corrected chi connectivity index (χ3v) is 1.84. The Morgan fingerprint density at radius 2 is 2.40 bits per heavy atom. The molecule has 2 heterocycles. The molecule has 0 aromatic heterocycles. The van der Waals surface area contributed by atoms with E-state index in [1.807, 2.05) is 12.3 Å². The van der Waals surface area contributed by atoms with Gasteiger partial charge in [-0.15, -0.1) is 0 Å². The Kier molecular flexibility index (Phi) is 1.45. The Labute approximate surface area is 60.3 Å². The minimum atomic E-state index is 0.593. The number of hydrazine groups is 2. The topological polar surface area (TPSA) is 27.3 Å². The first-order valence-corrected chi connectivity index (χ1v) is 3.57. The summed E-state index contributed by atoms with van der Waals surface area (Å²) in [5.41, 5.74) is 6.14. The molecule has 1 saturated heterocycles. The van der Waals surface area contributed by atoms with Crippen LogP contribution in [0.25, 0.3) is 0 Å². The molecule has 0 aromatic carbocycles. The SMILES string of the molecule is C1=CCC2CNNN2C=C1. The van der Waals surface area contributed by atoms with Gasteiger partial charge in [0, 0.05) is 12.7 Å². The summed E-state index contributed by atoms with van der Waals surface area (Å²) >= 11 is 0. The maximum Gasteiger partial charge on any atom is 0.0635 e. The molecule has 1 fully saturated rings. The Morgan fingerprint density at radius 1 is 1.40 bits per heavy atom. The van der Waals surface area contributed by atoms with Crippen molar-refractivity contribution in [2.45, 2.75) is 12.5 Å². The molecule has 3 nitrogen and oxygen atoms in total. The number of rotatable bonds is 0. The van der Waals surface area contributed by atoms with Crippen LogP contribution < -0.4 is 11.0 Å². The van der Waals surface area contributed by atoms with Crippen LogP contribution in [0.15, 0.2) is 24.4 Å². The predicted octanol–water partition coefficient (Wildman–Crippen LogP) is 0.153. The minimum absolute atomic E-state index is 0.593. The fourth-order valence-corrected chi connectivity index (χ4v) is 1.26. The first-order chi connectivity index (χ1) is 4.97. The molecule has 54 valence electrons. The van der Waals surface area contributed by atoms with Crippen LogP contribution in [-0.4, -0.2) is 17.6 Å². The van der Waals surface area contributed by atoms with Gasteiger partial charge in [-0.25, -0.2) is 5.43 Å². The van der Waals surface area contributed by atoms with E-state index in [-0.39, 0.29) is 0 Å². The van der Waals surface area contributed by atoms with E-state index in [2.05, 4.69) is 28.1 Å². The fraction of sp³-hybridized carbons (Fsp3) is 0.429. The lowest BCUT2D eigenvalue weighted by Gasteiger charge is -2.17. The van der Waals surface area contributed by atoms with Crippen LogP contribution in [0.1, 0.15) is 6.42 Å². The highest BCUT2D eigenvalue weighted by Gasteiger charge is 2.19. The molecule has 1 atom stereocenters. The number of fused-ring (bicyclic) bond motifs is 1. The van der Waals surface area contributed by atoms with Gasteiger partial charge in [0.2, 0.25) is 0 Å². The standard InChI is InChI=1S/C7H11N3/c1-2-4-7-6-8-9-10(7)5-3-1/h1-3,5,7-9H,4,6H2. The van der Waals surface area contributed by atoms with E-state index in [1.165, 1.54) is 0 Å². The summed E-state index contributed by atoms with van der Waals surface area (Å²) in [5.74, 6) is 0. The summed E-state index contributed by atoms with van der Waals surface area (Å²) < 4.78 is 0. The molecule has 0 aromatic rings. The molecule has 2 aliphatic rings. The lowest BCUT2D eigenvalue weighted by Crippen LogP contribution is -2.34. The predicted molar refractivity (Wildman–Crippen MR) is 39.7 cm³/mol. The van der Waals surface area contributed by atoms with Crippen LogP contribution in [0, 0.1) is 0 Å². The molecule has 0 spiro atoms. The molecule has 0 saturated carbocycles. The van der Waals surface area contributed by atoms with Crippen LogP contribution in [0.3, 0.4) is 0 Å². The monoisotopic (exact) mass is 137 g/mol. The van der Waals surface area contributed by atoms with Crippen LogP contribution in [0.2, 0.25) is 0 Å². The van der Waals surface area contributed by atoms with E-state index in [0.29, 0.717) is 6.04 Å². The molecular formula is C7H11N3. The third-order valence-electron chi connectivity index (χ3n) is 1.84. The highest BCUT2D eigenvalue weighted by molar-refractivity contribution is 5.08. The Bertz CT molecular complexity index is 174. The van der Waals surface area contributed by atoms with Gasteiger partial charge in [-0.3, -0.25) is 5.01 Å². The molecular weight excluding hydrogens is 126 g/mol. The van der Waals surface area contributed by atoms with Gasteiger partial charge >= 0.3 is 0 Å². The molecule has 0 bridgehead atoms. The first-order valence-electron chi connectivity index (χ1n) is 3.57. The van der Waals surface area contributed by atoms with E-state index in [4.69, 9.17) is 0 Å². The van der Waals surface area contributed by atoms with Crippen LogP contribution in [-0.2, 0) is 0 Å². The van der Waals surface area contributed by atoms with Crippen LogP contribution in [0.5, 0.6) is 0 Å².